The minimum atomic E-state index is -1.37. The smallest absolute Gasteiger partial charge is 0.404 e. The summed E-state index contributed by atoms with van der Waals surface area (Å²) in [6.45, 7) is 3.16. The second-order valence-electron chi connectivity index (χ2n) is 14.1. The van der Waals surface area contributed by atoms with Gasteiger partial charge in [0.15, 0.2) is 0 Å². The fraction of sp³-hybridized carbons (Fsp3) is 0.600. The van der Waals surface area contributed by atoms with Crippen LogP contribution in [0.5, 0.6) is 0 Å². The van der Waals surface area contributed by atoms with Gasteiger partial charge in [-0.3, -0.25) is 24.0 Å². The number of primary amides is 1. The summed E-state index contributed by atoms with van der Waals surface area (Å²) in [5.74, 6) is -3.92. The lowest BCUT2D eigenvalue weighted by molar-refractivity contribution is -0.160. The van der Waals surface area contributed by atoms with Gasteiger partial charge in [0.1, 0.15) is 17.7 Å². The Bertz CT molecular complexity index is 1640. The fourth-order valence-electron chi connectivity index (χ4n) is 6.99. The number of likely N-dealkylation sites (tertiary alicyclic amines) is 1. The van der Waals surface area contributed by atoms with Gasteiger partial charge in [-0.1, -0.05) is 43.4 Å². The highest BCUT2D eigenvalue weighted by Gasteiger charge is 2.45. The van der Waals surface area contributed by atoms with Gasteiger partial charge in [0.05, 0.1) is 43.1 Å². The van der Waals surface area contributed by atoms with Crippen LogP contribution >= 0.6 is 12.0 Å². The highest BCUT2D eigenvalue weighted by atomic mass is 32.2. The van der Waals surface area contributed by atoms with Crippen molar-refractivity contribution >= 4 is 47.5 Å². The van der Waals surface area contributed by atoms with E-state index in [0.717, 1.165) is 44.1 Å². The van der Waals surface area contributed by atoms with Gasteiger partial charge in [-0.2, -0.15) is 4.33 Å². The number of carboxylic acid groups (broad SMARTS) is 1. The minimum Gasteiger partial charge on any atom is -0.465 e. The third-order valence-corrected chi connectivity index (χ3v) is 10.3. The van der Waals surface area contributed by atoms with Crippen LogP contribution in [0.4, 0.5) is 4.79 Å². The van der Waals surface area contributed by atoms with Crippen LogP contribution < -0.4 is 21.7 Å². The number of benzene rings is 1. The van der Waals surface area contributed by atoms with Crippen molar-refractivity contribution < 1.29 is 48.2 Å². The number of hydrogen-bond donors (Lipinski definition) is 6. The maximum Gasteiger partial charge on any atom is 0.404 e. The van der Waals surface area contributed by atoms with Crippen LogP contribution in [0.15, 0.2) is 35.4 Å². The van der Waals surface area contributed by atoms with Crippen LogP contribution in [0.25, 0.3) is 0 Å². The van der Waals surface area contributed by atoms with E-state index < -0.39 is 65.3 Å². The summed E-state index contributed by atoms with van der Waals surface area (Å²) in [6, 6.07) is 2.41. The molecule has 0 spiro atoms. The molecule has 1 saturated heterocycles. The molecule has 2 aliphatic rings. The molecule has 2 fully saturated rings. The number of nitrogens with one attached hydrogen (secondary N) is 3. The number of aromatic nitrogens is 3. The summed E-state index contributed by atoms with van der Waals surface area (Å²) >= 11 is 0.915. The number of Topliss-reactive ketones (excluding diaryl/α,β-unsaturated/α-hetero) is 1. The lowest BCUT2D eigenvalue weighted by Crippen LogP contribution is -2.56. The highest BCUT2D eigenvalue weighted by molar-refractivity contribution is 7.94. The Labute approximate surface area is 317 Å². The molecule has 4 atom stereocenters. The molecule has 2 unspecified atom stereocenters. The van der Waals surface area contributed by atoms with Gasteiger partial charge in [-0.25, -0.2) is 14.4 Å². The average Bonchev–Trinajstić information content (AvgIpc) is 3.81. The molecule has 0 bridgehead atoms. The summed E-state index contributed by atoms with van der Waals surface area (Å²) in [6.07, 6.45) is 5.89. The number of carbonyl (C=O) groups is 6. The maximum atomic E-state index is 14.7. The van der Waals surface area contributed by atoms with Crippen molar-refractivity contribution in [3.8, 4) is 0 Å². The van der Waals surface area contributed by atoms with E-state index in [-0.39, 0.29) is 43.8 Å². The molecule has 1 saturated carbocycles. The Morgan fingerprint density at radius 2 is 1.81 bits per heavy atom. The summed E-state index contributed by atoms with van der Waals surface area (Å²) in [5.41, 5.74) is 4.57. The second-order valence-corrected chi connectivity index (χ2v) is 14.9. The molecule has 18 nitrogen and oxygen atoms in total. The molecule has 19 heteroatoms. The van der Waals surface area contributed by atoms with E-state index >= 15 is 0 Å². The highest BCUT2D eigenvalue weighted by Crippen LogP contribution is 2.34. The number of nitrogens with two attached hydrogens (primary N) is 1. The quantitative estimate of drug-likeness (QED) is 0.0393. The Morgan fingerprint density at radius 1 is 1.07 bits per heavy atom. The minimum absolute atomic E-state index is 0.00684. The number of rotatable bonds is 19. The van der Waals surface area contributed by atoms with E-state index in [1.54, 1.807) is 38.1 Å². The van der Waals surface area contributed by atoms with Gasteiger partial charge in [0.25, 0.3) is 11.8 Å². The Morgan fingerprint density at radius 3 is 2.48 bits per heavy atom. The van der Waals surface area contributed by atoms with E-state index in [4.69, 9.17) is 15.2 Å². The van der Waals surface area contributed by atoms with E-state index in [1.807, 2.05) is 0 Å². The van der Waals surface area contributed by atoms with E-state index in [9.17, 15) is 33.9 Å². The zero-order chi connectivity index (χ0) is 39.4. The first-order chi connectivity index (χ1) is 25.7. The number of nitrogens with zero attached hydrogens (tertiary/aromatic N) is 4. The van der Waals surface area contributed by atoms with Crippen molar-refractivity contribution in [2.45, 2.75) is 113 Å². The summed E-state index contributed by atoms with van der Waals surface area (Å²) in [7, 11) is 1.36. The standard InChI is InChI=1S/C35H50N8O10S/c1-35(2,51)28-19-38-41-43(28)23-18-27(32(47)39-25(29(44)30(36)45)14-7-8-15-37-34(49)50)42(20-23)33(48)26(16-21-10-5-4-6-11-21)40-31(46)22-12-9-13-24(17-22)54-53-52-3/h9,12-13,17,19,21,23,25-27,37,51H,4-8,10-11,14-16,18,20H2,1-3H3,(H2,36,45)(H,39,47)(H,40,46)(H,49,50)/t23-,25?,26?,27-/m0/s1. The van der Waals surface area contributed by atoms with Crippen molar-refractivity contribution in [3.63, 3.8) is 0 Å². The second kappa shape index (κ2) is 19.7. The number of unbranched alkanes of at least 4 members (excludes halogenated alkanes) is 1. The molecule has 1 aromatic carbocycles. The van der Waals surface area contributed by atoms with Gasteiger partial charge in [0.2, 0.25) is 17.6 Å². The van der Waals surface area contributed by atoms with Crippen LogP contribution in [-0.4, -0.2) is 104 Å². The van der Waals surface area contributed by atoms with Gasteiger partial charge in [-0.05, 0) is 63.6 Å². The molecule has 2 heterocycles. The van der Waals surface area contributed by atoms with Crippen LogP contribution in [0.3, 0.4) is 0 Å². The normalized spacial score (nSPS) is 18.8. The number of ketones is 1. The first kappa shape index (κ1) is 42.2. The summed E-state index contributed by atoms with van der Waals surface area (Å²) < 4.78 is 6.40. The lowest BCUT2D eigenvalue weighted by Gasteiger charge is -2.32. The number of aliphatic hydroxyl groups is 1. The van der Waals surface area contributed by atoms with Crippen molar-refractivity contribution in [1.29, 1.82) is 0 Å². The van der Waals surface area contributed by atoms with E-state index in [2.05, 4.69) is 31.2 Å². The molecule has 54 heavy (non-hydrogen) atoms. The molecule has 5 amide bonds. The molecular formula is C35H50N8O10S. The molecule has 1 aliphatic heterocycles. The van der Waals surface area contributed by atoms with Crippen LogP contribution in [0.1, 0.15) is 100 Å². The topological polar surface area (TPSA) is 257 Å². The van der Waals surface area contributed by atoms with Gasteiger partial charge < -0.3 is 36.8 Å². The van der Waals surface area contributed by atoms with Crippen molar-refractivity contribution in [1.82, 2.24) is 35.8 Å². The summed E-state index contributed by atoms with van der Waals surface area (Å²) in [5, 5.41) is 35.6. The first-order valence-corrected chi connectivity index (χ1v) is 18.8. The Balaban J connectivity index is 1.65. The number of amides is 5. The van der Waals surface area contributed by atoms with Crippen LogP contribution in [-0.2, 0) is 34.0 Å². The zero-order valence-electron chi connectivity index (χ0n) is 30.7. The third kappa shape index (κ3) is 11.7. The maximum absolute atomic E-state index is 14.7. The molecule has 1 aromatic heterocycles. The molecule has 0 radical (unpaired) electrons. The van der Waals surface area contributed by atoms with Crippen molar-refractivity contribution in [2.75, 3.05) is 20.2 Å². The van der Waals surface area contributed by atoms with Crippen molar-refractivity contribution in [2.24, 2.45) is 11.7 Å². The van der Waals surface area contributed by atoms with Crippen molar-refractivity contribution in [3.05, 3.63) is 41.7 Å². The zero-order valence-corrected chi connectivity index (χ0v) is 31.5. The van der Waals surface area contributed by atoms with Gasteiger partial charge >= 0.3 is 6.09 Å². The SMILES string of the molecule is COOSc1cccc(C(=O)NC(CC2CCCCC2)C(=O)N2C[C@@H](n3nncc3C(C)(C)O)C[C@H]2C(=O)NC(CCCCNC(=O)O)C(=O)C(N)=O)c1. The third-order valence-electron chi connectivity index (χ3n) is 9.68. The molecular weight excluding hydrogens is 724 g/mol. The Kier molecular flexibility index (Phi) is 15.3. The fourth-order valence-corrected chi connectivity index (χ4v) is 7.45. The van der Waals surface area contributed by atoms with Gasteiger partial charge in [-0.15, -0.1) is 5.10 Å². The molecule has 2 aromatic rings. The van der Waals surface area contributed by atoms with Crippen LogP contribution in [0, 0.1) is 5.92 Å². The van der Waals surface area contributed by atoms with Gasteiger partial charge in [0, 0.05) is 30.0 Å². The van der Waals surface area contributed by atoms with E-state index in [1.165, 1.54) is 22.9 Å². The lowest BCUT2D eigenvalue weighted by atomic mass is 9.84. The predicted octanol–water partition coefficient (Wildman–Crippen LogP) is 1.98. The number of hydrogen-bond acceptors (Lipinski definition) is 12. The van der Waals surface area contributed by atoms with E-state index in [0.29, 0.717) is 23.4 Å². The summed E-state index contributed by atoms with van der Waals surface area (Å²) in [4.78, 5) is 84.9. The van der Waals surface area contributed by atoms with Crippen LogP contribution in [0.2, 0.25) is 0 Å². The molecule has 7 N–H and O–H groups in total. The largest absolute Gasteiger partial charge is 0.465 e. The predicted molar refractivity (Wildman–Crippen MR) is 193 cm³/mol. The Hall–Kier alpha value is -4.59. The number of carbonyl (C=O) groups excluding carboxylic acids is 5. The molecule has 4 rings (SSSR count). The molecule has 296 valence electrons. The first-order valence-electron chi connectivity index (χ1n) is 18.0. The average molecular weight is 775 g/mol. The molecule has 1 aliphatic carbocycles. The monoisotopic (exact) mass is 774 g/mol.